The van der Waals surface area contributed by atoms with E-state index in [2.05, 4.69) is 55.7 Å². The standard InChI is InChI=1S/C29H29N7O3/c1-4-30-12-20-13-31-14-23(17(20)3)19-6-8-24-22(10-19)26(36-35-24)27-32-15-25(34-27)28(37)33-11-18-5-7-21(29(38)39)16(2)9-18/h5-10,13-15,30H,4,11-12H2,1-3H3,(H,32,34)(H,33,37)(H,35,36)(H,38,39). The van der Waals surface area contributed by atoms with Gasteiger partial charge in [0.05, 0.1) is 17.3 Å². The summed E-state index contributed by atoms with van der Waals surface area (Å²) in [7, 11) is 0. The van der Waals surface area contributed by atoms with E-state index in [1.54, 1.807) is 25.1 Å². The van der Waals surface area contributed by atoms with Crippen molar-refractivity contribution in [3.05, 3.63) is 88.5 Å². The molecule has 3 heterocycles. The average molecular weight is 524 g/mol. The first kappa shape index (κ1) is 25.8. The van der Waals surface area contributed by atoms with E-state index >= 15 is 0 Å². The van der Waals surface area contributed by atoms with E-state index in [9.17, 15) is 14.7 Å². The molecule has 39 heavy (non-hydrogen) atoms. The first-order chi connectivity index (χ1) is 18.9. The summed E-state index contributed by atoms with van der Waals surface area (Å²) in [6.45, 7) is 7.80. The van der Waals surface area contributed by atoms with Crippen molar-refractivity contribution in [2.75, 3.05) is 6.54 Å². The minimum absolute atomic E-state index is 0.241. The van der Waals surface area contributed by atoms with E-state index in [-0.39, 0.29) is 18.0 Å². The van der Waals surface area contributed by atoms with Crippen LogP contribution in [-0.2, 0) is 13.1 Å². The maximum absolute atomic E-state index is 12.8. The zero-order chi connectivity index (χ0) is 27.5. The fourth-order valence-corrected chi connectivity index (χ4v) is 4.57. The number of nitrogens with one attached hydrogen (secondary N) is 4. The molecule has 0 bridgehead atoms. The molecular weight excluding hydrogens is 494 g/mol. The molecule has 10 heteroatoms. The van der Waals surface area contributed by atoms with Crippen LogP contribution in [0.2, 0.25) is 0 Å². The number of nitrogens with zero attached hydrogens (tertiary/aromatic N) is 3. The lowest BCUT2D eigenvalue weighted by atomic mass is 9.98. The Morgan fingerprint density at radius 1 is 1.03 bits per heavy atom. The van der Waals surface area contributed by atoms with Gasteiger partial charge in [0.2, 0.25) is 0 Å². The fourth-order valence-electron chi connectivity index (χ4n) is 4.57. The Balaban J connectivity index is 1.36. The van der Waals surface area contributed by atoms with Crippen LogP contribution in [0.1, 0.15) is 50.0 Å². The van der Waals surface area contributed by atoms with Crippen LogP contribution in [0, 0.1) is 13.8 Å². The summed E-state index contributed by atoms with van der Waals surface area (Å²) in [4.78, 5) is 36.0. The van der Waals surface area contributed by atoms with Gasteiger partial charge in [0.15, 0.2) is 5.82 Å². The largest absolute Gasteiger partial charge is 0.478 e. The molecule has 0 aliphatic carbocycles. The molecule has 0 atom stereocenters. The second-order valence-corrected chi connectivity index (χ2v) is 9.37. The summed E-state index contributed by atoms with van der Waals surface area (Å²) < 4.78 is 0. The van der Waals surface area contributed by atoms with Gasteiger partial charge < -0.3 is 20.7 Å². The molecule has 5 aromatic rings. The number of hydrogen-bond acceptors (Lipinski definition) is 6. The number of carboxylic acids is 1. The van der Waals surface area contributed by atoms with Crippen LogP contribution in [0.25, 0.3) is 33.5 Å². The number of pyridine rings is 1. The monoisotopic (exact) mass is 523 g/mol. The Labute approximate surface area is 224 Å². The van der Waals surface area contributed by atoms with Crippen molar-refractivity contribution in [1.82, 2.24) is 35.8 Å². The normalized spacial score (nSPS) is 11.2. The number of H-pyrrole nitrogens is 2. The average Bonchev–Trinajstić information content (AvgIpc) is 3.58. The van der Waals surface area contributed by atoms with Crippen LogP contribution in [0.3, 0.4) is 0 Å². The predicted molar refractivity (Wildman–Crippen MR) is 148 cm³/mol. The fraction of sp³-hybridized carbons (Fsp3) is 0.207. The lowest BCUT2D eigenvalue weighted by molar-refractivity contribution is 0.0695. The Morgan fingerprint density at radius 2 is 1.87 bits per heavy atom. The number of aromatic nitrogens is 5. The SMILES string of the molecule is CCNCc1cncc(-c2ccc3[nH]nc(-c4ncc(C(=O)NCc5ccc(C(=O)O)c(C)c5)[nH]4)c3c2)c1C. The van der Waals surface area contributed by atoms with Crippen LogP contribution in [-0.4, -0.2) is 48.7 Å². The highest BCUT2D eigenvalue weighted by atomic mass is 16.4. The number of carboxylic acid groups (broad SMARTS) is 1. The predicted octanol–water partition coefficient (Wildman–Crippen LogP) is 4.37. The van der Waals surface area contributed by atoms with Gasteiger partial charge >= 0.3 is 5.97 Å². The number of carbonyl (C=O) groups is 2. The van der Waals surface area contributed by atoms with Gasteiger partial charge in [0, 0.05) is 36.4 Å². The van der Waals surface area contributed by atoms with Gasteiger partial charge in [-0.25, -0.2) is 9.78 Å². The molecule has 0 unspecified atom stereocenters. The minimum Gasteiger partial charge on any atom is -0.478 e. The molecule has 3 aromatic heterocycles. The van der Waals surface area contributed by atoms with Gasteiger partial charge in [0.1, 0.15) is 11.4 Å². The van der Waals surface area contributed by atoms with Gasteiger partial charge in [-0.3, -0.25) is 14.9 Å². The molecule has 1 amide bonds. The van der Waals surface area contributed by atoms with E-state index in [4.69, 9.17) is 0 Å². The van der Waals surface area contributed by atoms with E-state index in [0.29, 0.717) is 22.8 Å². The minimum atomic E-state index is -0.976. The van der Waals surface area contributed by atoms with Crippen molar-refractivity contribution in [3.8, 4) is 22.6 Å². The number of aryl methyl sites for hydroxylation is 1. The highest BCUT2D eigenvalue weighted by molar-refractivity contribution is 5.96. The Morgan fingerprint density at radius 3 is 2.64 bits per heavy atom. The highest BCUT2D eigenvalue weighted by Crippen LogP contribution is 2.31. The van der Waals surface area contributed by atoms with E-state index in [1.807, 2.05) is 24.5 Å². The lowest BCUT2D eigenvalue weighted by Crippen LogP contribution is -2.23. The number of imidazole rings is 1. The molecule has 5 rings (SSSR count). The molecule has 0 aliphatic rings. The van der Waals surface area contributed by atoms with Crippen LogP contribution in [0.4, 0.5) is 0 Å². The van der Waals surface area contributed by atoms with Crippen molar-refractivity contribution >= 4 is 22.8 Å². The summed E-state index contributed by atoms with van der Waals surface area (Å²) in [6, 6.07) is 11.1. The van der Waals surface area contributed by atoms with Crippen molar-refractivity contribution in [1.29, 1.82) is 0 Å². The number of benzene rings is 2. The first-order valence-electron chi connectivity index (χ1n) is 12.6. The highest BCUT2D eigenvalue weighted by Gasteiger charge is 2.17. The molecule has 10 nitrogen and oxygen atoms in total. The number of aromatic amines is 2. The Hall–Kier alpha value is -4.83. The topological polar surface area (TPSA) is 149 Å². The molecule has 0 saturated heterocycles. The first-order valence-corrected chi connectivity index (χ1v) is 12.6. The van der Waals surface area contributed by atoms with E-state index in [0.717, 1.165) is 46.2 Å². The smallest absolute Gasteiger partial charge is 0.335 e. The number of rotatable bonds is 9. The number of aromatic carboxylic acids is 1. The summed E-state index contributed by atoms with van der Waals surface area (Å²) in [5, 5.41) is 23.8. The molecular formula is C29H29N7O3. The molecule has 0 radical (unpaired) electrons. The number of fused-ring (bicyclic) bond motifs is 1. The molecule has 0 spiro atoms. The van der Waals surface area contributed by atoms with Crippen LogP contribution in [0.5, 0.6) is 0 Å². The zero-order valence-corrected chi connectivity index (χ0v) is 21.9. The lowest BCUT2D eigenvalue weighted by Gasteiger charge is -2.11. The number of carbonyl (C=O) groups excluding carboxylic acids is 1. The Kier molecular flexibility index (Phi) is 7.20. The maximum Gasteiger partial charge on any atom is 0.335 e. The summed E-state index contributed by atoms with van der Waals surface area (Å²) >= 11 is 0. The third-order valence-corrected chi connectivity index (χ3v) is 6.78. The third-order valence-electron chi connectivity index (χ3n) is 6.78. The molecule has 0 fully saturated rings. The van der Waals surface area contributed by atoms with Gasteiger partial charge in [0.25, 0.3) is 5.91 Å². The maximum atomic E-state index is 12.8. The van der Waals surface area contributed by atoms with Crippen molar-refractivity contribution < 1.29 is 14.7 Å². The summed E-state index contributed by atoms with van der Waals surface area (Å²) in [5.74, 6) is -0.829. The molecule has 5 N–H and O–H groups in total. The molecule has 2 aromatic carbocycles. The van der Waals surface area contributed by atoms with Crippen molar-refractivity contribution in [2.24, 2.45) is 0 Å². The zero-order valence-electron chi connectivity index (χ0n) is 21.9. The molecule has 198 valence electrons. The summed E-state index contributed by atoms with van der Waals surface area (Å²) in [5.41, 5.74) is 7.82. The van der Waals surface area contributed by atoms with Crippen molar-refractivity contribution in [3.63, 3.8) is 0 Å². The number of hydrogen-bond donors (Lipinski definition) is 5. The van der Waals surface area contributed by atoms with Crippen LogP contribution < -0.4 is 10.6 Å². The van der Waals surface area contributed by atoms with E-state index in [1.165, 1.54) is 11.8 Å². The van der Waals surface area contributed by atoms with Gasteiger partial charge in [-0.1, -0.05) is 25.1 Å². The van der Waals surface area contributed by atoms with Gasteiger partial charge in [-0.15, -0.1) is 0 Å². The van der Waals surface area contributed by atoms with Gasteiger partial charge in [-0.05, 0) is 66.4 Å². The second-order valence-electron chi connectivity index (χ2n) is 9.37. The van der Waals surface area contributed by atoms with E-state index < -0.39 is 5.97 Å². The van der Waals surface area contributed by atoms with Crippen molar-refractivity contribution in [2.45, 2.75) is 33.9 Å². The summed E-state index contributed by atoms with van der Waals surface area (Å²) in [6.07, 6.45) is 5.24. The van der Waals surface area contributed by atoms with Crippen LogP contribution >= 0.6 is 0 Å². The van der Waals surface area contributed by atoms with Crippen LogP contribution in [0.15, 0.2) is 55.0 Å². The number of amides is 1. The molecule has 0 saturated carbocycles. The Bertz CT molecular complexity index is 1690. The quantitative estimate of drug-likeness (QED) is 0.193. The third kappa shape index (κ3) is 5.27. The van der Waals surface area contributed by atoms with Gasteiger partial charge in [-0.2, -0.15) is 5.10 Å². The molecule has 0 aliphatic heterocycles. The second kappa shape index (κ2) is 10.9.